The lowest BCUT2D eigenvalue weighted by atomic mass is 9.81. The SMILES string of the molecule is CCC1CCC(N)C(n2ccnc2-c2ccccc2)C1. The predicted molar refractivity (Wildman–Crippen MR) is 82.3 cm³/mol. The summed E-state index contributed by atoms with van der Waals surface area (Å²) in [5, 5.41) is 0. The molecule has 1 aromatic carbocycles. The fourth-order valence-corrected chi connectivity index (χ4v) is 3.34. The maximum atomic E-state index is 6.39. The van der Waals surface area contributed by atoms with Crippen LogP contribution in [0.4, 0.5) is 0 Å². The van der Waals surface area contributed by atoms with Crippen LogP contribution in [-0.4, -0.2) is 15.6 Å². The second kappa shape index (κ2) is 5.80. The van der Waals surface area contributed by atoms with Crippen molar-refractivity contribution in [1.29, 1.82) is 0 Å². The van der Waals surface area contributed by atoms with Gasteiger partial charge in [-0.3, -0.25) is 0 Å². The van der Waals surface area contributed by atoms with E-state index in [4.69, 9.17) is 5.73 Å². The number of hydrogen-bond acceptors (Lipinski definition) is 2. The zero-order valence-corrected chi connectivity index (χ0v) is 12.1. The molecule has 0 aliphatic heterocycles. The fraction of sp³-hybridized carbons (Fsp3) is 0.471. The third-order valence-electron chi connectivity index (χ3n) is 4.61. The minimum atomic E-state index is 0.245. The number of nitrogens with zero attached hydrogens (tertiary/aromatic N) is 2. The summed E-state index contributed by atoms with van der Waals surface area (Å²) in [5.74, 6) is 1.84. The van der Waals surface area contributed by atoms with Crippen molar-refractivity contribution in [3.8, 4) is 11.4 Å². The monoisotopic (exact) mass is 269 g/mol. The van der Waals surface area contributed by atoms with Gasteiger partial charge in [0.2, 0.25) is 0 Å². The Balaban J connectivity index is 1.92. The number of rotatable bonds is 3. The van der Waals surface area contributed by atoms with Crippen molar-refractivity contribution in [2.75, 3.05) is 0 Å². The maximum Gasteiger partial charge on any atom is 0.140 e. The Morgan fingerprint density at radius 2 is 2.05 bits per heavy atom. The molecule has 1 fully saturated rings. The zero-order chi connectivity index (χ0) is 13.9. The molecule has 3 rings (SSSR count). The molecule has 2 N–H and O–H groups in total. The molecule has 3 nitrogen and oxygen atoms in total. The van der Waals surface area contributed by atoms with Gasteiger partial charge in [-0.15, -0.1) is 0 Å². The second-order valence-electron chi connectivity index (χ2n) is 5.84. The van der Waals surface area contributed by atoms with Gasteiger partial charge in [-0.05, 0) is 25.2 Å². The molecule has 2 aromatic rings. The largest absolute Gasteiger partial charge is 0.326 e. The van der Waals surface area contributed by atoms with Gasteiger partial charge in [-0.25, -0.2) is 4.98 Å². The number of imidazole rings is 1. The third-order valence-corrected chi connectivity index (χ3v) is 4.61. The van der Waals surface area contributed by atoms with Crippen LogP contribution in [0.3, 0.4) is 0 Å². The van der Waals surface area contributed by atoms with Crippen LogP contribution in [-0.2, 0) is 0 Å². The van der Waals surface area contributed by atoms with Gasteiger partial charge in [0.1, 0.15) is 5.82 Å². The minimum absolute atomic E-state index is 0.245. The van der Waals surface area contributed by atoms with Gasteiger partial charge >= 0.3 is 0 Å². The summed E-state index contributed by atoms with van der Waals surface area (Å²) in [6.07, 6.45) is 8.79. The van der Waals surface area contributed by atoms with Crippen LogP contribution in [0.15, 0.2) is 42.7 Å². The van der Waals surface area contributed by atoms with E-state index in [1.54, 1.807) is 0 Å². The van der Waals surface area contributed by atoms with Crippen molar-refractivity contribution < 1.29 is 0 Å². The Labute approximate surface area is 120 Å². The highest BCUT2D eigenvalue weighted by Gasteiger charge is 2.29. The van der Waals surface area contributed by atoms with E-state index in [2.05, 4.69) is 46.9 Å². The summed E-state index contributed by atoms with van der Waals surface area (Å²) in [6.45, 7) is 2.28. The molecule has 3 heteroatoms. The summed E-state index contributed by atoms with van der Waals surface area (Å²) in [7, 11) is 0. The number of benzene rings is 1. The van der Waals surface area contributed by atoms with Crippen molar-refractivity contribution in [1.82, 2.24) is 9.55 Å². The summed E-state index contributed by atoms with van der Waals surface area (Å²) in [4.78, 5) is 4.55. The molecule has 0 bridgehead atoms. The second-order valence-corrected chi connectivity index (χ2v) is 5.84. The van der Waals surface area contributed by atoms with Crippen LogP contribution in [0, 0.1) is 5.92 Å². The molecule has 1 aromatic heterocycles. The summed E-state index contributed by atoms with van der Waals surface area (Å²) in [5.41, 5.74) is 7.56. The summed E-state index contributed by atoms with van der Waals surface area (Å²) in [6, 6.07) is 11.0. The number of aromatic nitrogens is 2. The zero-order valence-electron chi connectivity index (χ0n) is 12.1. The Morgan fingerprint density at radius 1 is 1.25 bits per heavy atom. The quantitative estimate of drug-likeness (QED) is 0.924. The molecule has 3 unspecified atom stereocenters. The predicted octanol–water partition coefficient (Wildman–Crippen LogP) is 3.63. The molecule has 20 heavy (non-hydrogen) atoms. The molecule has 0 spiro atoms. The Kier molecular flexibility index (Phi) is 3.88. The van der Waals surface area contributed by atoms with Crippen molar-refractivity contribution in [2.45, 2.75) is 44.7 Å². The van der Waals surface area contributed by atoms with Gasteiger partial charge in [0.25, 0.3) is 0 Å². The molecular formula is C17H23N3. The van der Waals surface area contributed by atoms with E-state index in [0.29, 0.717) is 6.04 Å². The first-order chi connectivity index (χ1) is 9.79. The van der Waals surface area contributed by atoms with E-state index in [1.165, 1.54) is 24.8 Å². The Morgan fingerprint density at radius 3 is 2.80 bits per heavy atom. The molecule has 3 atom stereocenters. The van der Waals surface area contributed by atoms with Gasteiger partial charge in [0.15, 0.2) is 0 Å². The molecule has 1 aliphatic carbocycles. The van der Waals surface area contributed by atoms with E-state index >= 15 is 0 Å². The smallest absolute Gasteiger partial charge is 0.140 e. The van der Waals surface area contributed by atoms with Crippen LogP contribution in [0.1, 0.15) is 38.6 Å². The molecule has 1 aliphatic rings. The van der Waals surface area contributed by atoms with Gasteiger partial charge in [-0.2, -0.15) is 0 Å². The number of hydrogen-bond donors (Lipinski definition) is 1. The normalized spacial score (nSPS) is 26.6. The highest BCUT2D eigenvalue weighted by Crippen LogP contribution is 2.35. The van der Waals surface area contributed by atoms with Gasteiger partial charge in [0.05, 0.1) is 6.04 Å². The van der Waals surface area contributed by atoms with Crippen molar-refractivity contribution >= 4 is 0 Å². The molecule has 0 amide bonds. The first-order valence-electron chi connectivity index (χ1n) is 7.63. The maximum absolute atomic E-state index is 6.39. The van der Waals surface area contributed by atoms with Crippen LogP contribution < -0.4 is 5.73 Å². The number of nitrogens with two attached hydrogens (primary N) is 1. The molecule has 106 valence electrons. The van der Waals surface area contributed by atoms with E-state index in [9.17, 15) is 0 Å². The molecule has 1 heterocycles. The lowest BCUT2D eigenvalue weighted by molar-refractivity contribution is 0.231. The topological polar surface area (TPSA) is 43.8 Å². The van der Waals surface area contributed by atoms with E-state index in [0.717, 1.165) is 18.2 Å². The Hall–Kier alpha value is -1.61. The standard InChI is InChI=1S/C17H23N3/c1-2-13-8-9-15(18)16(12-13)20-11-10-19-17(20)14-6-4-3-5-7-14/h3-7,10-11,13,15-16H,2,8-9,12,18H2,1H3. The lowest BCUT2D eigenvalue weighted by Crippen LogP contribution is -2.37. The highest BCUT2D eigenvalue weighted by atomic mass is 15.1. The highest BCUT2D eigenvalue weighted by molar-refractivity contribution is 5.55. The third kappa shape index (κ3) is 2.50. The summed E-state index contributed by atoms with van der Waals surface area (Å²) >= 11 is 0. The van der Waals surface area contributed by atoms with Crippen LogP contribution in [0.2, 0.25) is 0 Å². The van der Waals surface area contributed by atoms with E-state index < -0.39 is 0 Å². The first kappa shape index (κ1) is 13.4. The molecule has 0 saturated heterocycles. The van der Waals surface area contributed by atoms with Crippen molar-refractivity contribution in [3.05, 3.63) is 42.7 Å². The molecule has 1 saturated carbocycles. The Bertz CT molecular complexity index is 546. The average molecular weight is 269 g/mol. The molecular weight excluding hydrogens is 246 g/mol. The fourth-order valence-electron chi connectivity index (χ4n) is 3.34. The van der Waals surface area contributed by atoms with Gasteiger partial charge in [-0.1, -0.05) is 43.7 Å². The lowest BCUT2D eigenvalue weighted by Gasteiger charge is -2.35. The van der Waals surface area contributed by atoms with E-state index in [-0.39, 0.29) is 6.04 Å². The average Bonchev–Trinajstić information content (AvgIpc) is 2.98. The van der Waals surface area contributed by atoms with E-state index in [1.807, 2.05) is 12.3 Å². The van der Waals surface area contributed by atoms with Crippen molar-refractivity contribution in [3.63, 3.8) is 0 Å². The van der Waals surface area contributed by atoms with Crippen LogP contribution in [0.25, 0.3) is 11.4 Å². The summed E-state index contributed by atoms with van der Waals surface area (Å²) < 4.78 is 2.29. The van der Waals surface area contributed by atoms with Crippen LogP contribution in [0.5, 0.6) is 0 Å². The minimum Gasteiger partial charge on any atom is -0.326 e. The van der Waals surface area contributed by atoms with Gasteiger partial charge in [0, 0.05) is 24.0 Å². The molecule has 0 radical (unpaired) electrons. The first-order valence-corrected chi connectivity index (χ1v) is 7.63. The van der Waals surface area contributed by atoms with Gasteiger partial charge < -0.3 is 10.3 Å². The van der Waals surface area contributed by atoms with Crippen LogP contribution >= 0.6 is 0 Å². The van der Waals surface area contributed by atoms with Crippen molar-refractivity contribution in [2.24, 2.45) is 11.7 Å².